The van der Waals surface area contributed by atoms with Gasteiger partial charge in [-0.2, -0.15) is 0 Å². The van der Waals surface area contributed by atoms with E-state index in [9.17, 15) is 18.9 Å². The summed E-state index contributed by atoms with van der Waals surface area (Å²) in [6.45, 7) is 0. The van der Waals surface area contributed by atoms with Gasteiger partial charge in [0.2, 0.25) is 0 Å². The zero-order valence-electron chi connectivity index (χ0n) is 15.5. The smallest absolute Gasteiger partial charge is 0.338 e. The summed E-state index contributed by atoms with van der Waals surface area (Å²) < 4.78 is 15.5. The standard InChI is InChI=1S/C22H16N2O5S/c25-19-6-4-5-16(12-19)9-10-17-11-18(14-23-13-17)22(28)24-30(29,15-21(26)27)20-7-2-1-3-8-20/h1-8,11-15,25H,(H,26,27)(H,24,28,29). The molecule has 150 valence electrons. The third-order valence-corrected chi connectivity index (χ3v) is 5.80. The van der Waals surface area contributed by atoms with Crippen molar-refractivity contribution >= 4 is 27.0 Å². The molecule has 0 spiro atoms. The number of rotatable bonds is 4. The predicted molar refractivity (Wildman–Crippen MR) is 112 cm³/mol. The molecule has 0 saturated heterocycles. The molecule has 0 bridgehead atoms. The van der Waals surface area contributed by atoms with Crippen molar-refractivity contribution in [1.29, 1.82) is 0 Å². The Morgan fingerprint density at radius 1 is 0.967 bits per heavy atom. The molecule has 0 radical (unpaired) electrons. The molecule has 30 heavy (non-hydrogen) atoms. The Labute approximate surface area is 173 Å². The highest BCUT2D eigenvalue weighted by atomic mass is 32.2. The molecular formula is C22H16N2O5S. The van der Waals surface area contributed by atoms with Crippen molar-refractivity contribution in [2.75, 3.05) is 0 Å². The summed E-state index contributed by atoms with van der Waals surface area (Å²) in [5.41, 5.74) is 1.06. The van der Waals surface area contributed by atoms with Crippen molar-refractivity contribution in [3.8, 4) is 17.6 Å². The van der Waals surface area contributed by atoms with Crippen LogP contribution in [-0.4, -0.2) is 36.6 Å². The molecule has 8 heteroatoms. The number of benzene rings is 2. The third-order valence-electron chi connectivity index (χ3n) is 3.80. The Morgan fingerprint density at radius 3 is 2.40 bits per heavy atom. The lowest BCUT2D eigenvalue weighted by Gasteiger charge is -2.12. The zero-order chi connectivity index (χ0) is 21.6. The van der Waals surface area contributed by atoms with E-state index in [4.69, 9.17) is 5.11 Å². The quantitative estimate of drug-likeness (QED) is 0.439. The minimum absolute atomic E-state index is 0.0696. The fourth-order valence-corrected chi connectivity index (χ4v) is 4.03. The molecule has 0 fully saturated rings. The average molecular weight is 420 g/mol. The van der Waals surface area contributed by atoms with Crippen molar-refractivity contribution < 1.29 is 24.0 Å². The number of carboxylic acids is 1. The molecule has 1 amide bonds. The van der Waals surface area contributed by atoms with E-state index in [2.05, 4.69) is 21.5 Å². The van der Waals surface area contributed by atoms with Gasteiger partial charge in [0.25, 0.3) is 5.91 Å². The maximum atomic E-state index is 13.2. The van der Waals surface area contributed by atoms with Gasteiger partial charge >= 0.3 is 5.97 Å². The van der Waals surface area contributed by atoms with Crippen LogP contribution in [0, 0.1) is 11.8 Å². The number of nitrogens with one attached hydrogen (secondary N) is 1. The molecule has 1 atom stereocenters. The highest BCUT2D eigenvalue weighted by molar-refractivity contribution is 8.01. The summed E-state index contributed by atoms with van der Waals surface area (Å²) in [5, 5.41) is 19.2. The van der Waals surface area contributed by atoms with Gasteiger partial charge in [-0.15, -0.1) is 0 Å². The molecule has 3 rings (SSSR count). The maximum Gasteiger partial charge on any atom is 0.338 e. The van der Waals surface area contributed by atoms with Crippen LogP contribution in [-0.2, 0) is 14.5 Å². The number of aromatic nitrogens is 1. The molecule has 0 saturated carbocycles. The fourth-order valence-electron chi connectivity index (χ4n) is 2.48. The molecular weight excluding hydrogens is 404 g/mol. The summed E-state index contributed by atoms with van der Waals surface area (Å²) >= 11 is 0. The highest BCUT2D eigenvalue weighted by Crippen LogP contribution is 2.12. The molecule has 2 aromatic carbocycles. The summed E-state index contributed by atoms with van der Waals surface area (Å²) in [4.78, 5) is 28.0. The zero-order valence-corrected chi connectivity index (χ0v) is 16.3. The molecule has 7 nitrogen and oxygen atoms in total. The summed E-state index contributed by atoms with van der Waals surface area (Å²) in [5.74, 6) is 3.58. The summed E-state index contributed by atoms with van der Waals surface area (Å²) in [7, 11) is -3.50. The molecule has 3 aromatic rings. The number of hydrogen-bond donors (Lipinski definition) is 3. The molecule has 1 unspecified atom stereocenters. The molecule has 1 heterocycles. The third kappa shape index (κ3) is 5.25. The van der Waals surface area contributed by atoms with E-state index in [-0.39, 0.29) is 16.2 Å². The van der Waals surface area contributed by atoms with E-state index in [0.717, 1.165) is 0 Å². The lowest BCUT2D eigenvalue weighted by atomic mass is 10.1. The molecule has 0 aliphatic heterocycles. The first kappa shape index (κ1) is 20.6. The Kier molecular flexibility index (Phi) is 6.15. The highest BCUT2D eigenvalue weighted by Gasteiger charge is 2.18. The van der Waals surface area contributed by atoms with Gasteiger partial charge in [0.1, 0.15) is 5.75 Å². The Bertz CT molecular complexity index is 1280. The number of phenolic OH excluding ortho intramolecular Hbond substituents is 1. The monoisotopic (exact) mass is 420 g/mol. The number of phenols is 1. The van der Waals surface area contributed by atoms with E-state index < -0.39 is 21.6 Å². The van der Waals surface area contributed by atoms with Gasteiger partial charge < -0.3 is 10.2 Å². The number of pyridine rings is 1. The van der Waals surface area contributed by atoms with Crippen LogP contribution in [0.2, 0.25) is 0 Å². The van der Waals surface area contributed by atoms with E-state index in [0.29, 0.717) is 16.5 Å². The maximum absolute atomic E-state index is 13.2. The van der Waals surface area contributed by atoms with Gasteiger partial charge in [0, 0.05) is 23.5 Å². The minimum Gasteiger partial charge on any atom is -0.508 e. The van der Waals surface area contributed by atoms with Crippen molar-refractivity contribution in [2.45, 2.75) is 4.90 Å². The number of hydrogen-bond acceptors (Lipinski definition) is 5. The number of amides is 1. The fraction of sp³-hybridized carbons (Fsp3) is 0. The SMILES string of the molecule is O=C(O)C=S(=O)(NC(=O)c1cncc(C#Cc2cccc(O)c2)c1)c1ccccc1. The van der Waals surface area contributed by atoms with Gasteiger partial charge in [0.15, 0.2) is 0 Å². The Balaban J connectivity index is 1.89. The van der Waals surface area contributed by atoms with Gasteiger partial charge in [-0.3, -0.25) is 14.5 Å². The molecule has 0 aliphatic carbocycles. The lowest BCUT2D eigenvalue weighted by molar-refractivity contribution is -0.128. The second-order valence-electron chi connectivity index (χ2n) is 6.06. The number of aliphatic carboxylic acids is 1. The average Bonchev–Trinajstić information content (AvgIpc) is 2.72. The van der Waals surface area contributed by atoms with Crippen molar-refractivity contribution in [2.24, 2.45) is 0 Å². The number of aromatic hydroxyl groups is 1. The minimum atomic E-state index is -3.50. The van der Waals surface area contributed by atoms with Crippen LogP contribution in [0.1, 0.15) is 21.5 Å². The van der Waals surface area contributed by atoms with Crippen molar-refractivity contribution in [1.82, 2.24) is 9.71 Å². The van der Waals surface area contributed by atoms with Crippen LogP contribution in [0.4, 0.5) is 0 Å². The number of carbonyl (C=O) groups is 2. The normalized spacial score (nSPS) is 12.0. The largest absolute Gasteiger partial charge is 0.508 e. The summed E-state index contributed by atoms with van der Waals surface area (Å²) in [6, 6.07) is 15.6. The van der Waals surface area contributed by atoms with E-state index in [1.54, 1.807) is 30.3 Å². The van der Waals surface area contributed by atoms with Gasteiger partial charge in [-0.05, 0) is 36.4 Å². The number of carbonyl (C=O) groups excluding carboxylic acids is 1. The van der Waals surface area contributed by atoms with Crippen LogP contribution in [0.5, 0.6) is 5.75 Å². The van der Waals surface area contributed by atoms with E-state index in [1.807, 2.05) is 0 Å². The van der Waals surface area contributed by atoms with Crippen molar-refractivity contribution in [3.63, 3.8) is 0 Å². The van der Waals surface area contributed by atoms with Crippen molar-refractivity contribution in [3.05, 3.63) is 89.7 Å². The number of nitrogens with zero attached hydrogens (tertiary/aromatic N) is 1. The molecule has 1 aromatic heterocycles. The first-order chi connectivity index (χ1) is 14.4. The second-order valence-corrected chi connectivity index (χ2v) is 8.18. The van der Waals surface area contributed by atoms with Crippen LogP contribution < -0.4 is 4.72 Å². The first-order valence-corrected chi connectivity index (χ1v) is 10.2. The second kappa shape index (κ2) is 8.94. The van der Waals surface area contributed by atoms with Crippen LogP contribution in [0.3, 0.4) is 0 Å². The van der Waals surface area contributed by atoms with Gasteiger partial charge in [-0.1, -0.05) is 36.1 Å². The van der Waals surface area contributed by atoms with Crippen LogP contribution >= 0.6 is 0 Å². The van der Waals surface area contributed by atoms with Crippen LogP contribution in [0.15, 0.2) is 78.0 Å². The Hall–Kier alpha value is -4.09. The predicted octanol–water partition coefficient (Wildman–Crippen LogP) is 2.06. The van der Waals surface area contributed by atoms with Gasteiger partial charge in [-0.25, -0.2) is 9.00 Å². The van der Waals surface area contributed by atoms with E-state index in [1.165, 1.54) is 42.7 Å². The first-order valence-electron chi connectivity index (χ1n) is 8.61. The Morgan fingerprint density at radius 2 is 1.70 bits per heavy atom. The number of carboxylic acid groups (broad SMARTS) is 1. The molecule has 3 N–H and O–H groups in total. The summed E-state index contributed by atoms with van der Waals surface area (Å²) in [6.07, 6.45) is 2.71. The van der Waals surface area contributed by atoms with Crippen LogP contribution in [0.25, 0.3) is 0 Å². The lowest BCUT2D eigenvalue weighted by Crippen LogP contribution is -2.33. The van der Waals surface area contributed by atoms with Gasteiger partial charge in [0.05, 0.1) is 25.5 Å². The molecule has 0 aliphatic rings. The topological polar surface area (TPSA) is 117 Å². The van der Waals surface area contributed by atoms with E-state index >= 15 is 0 Å².